The van der Waals surface area contributed by atoms with E-state index < -0.39 is 5.97 Å². The van der Waals surface area contributed by atoms with Gasteiger partial charge in [-0.3, -0.25) is 9.59 Å². The average Bonchev–Trinajstić information content (AvgIpc) is 2.41. The number of amides is 1. The van der Waals surface area contributed by atoms with E-state index >= 15 is 0 Å². The number of carboxylic acid groups (broad SMARTS) is 1. The first-order valence-electron chi connectivity index (χ1n) is 6.82. The zero-order chi connectivity index (χ0) is 14.5. The van der Waals surface area contributed by atoms with E-state index in [0.717, 1.165) is 24.8 Å². The van der Waals surface area contributed by atoms with Gasteiger partial charge in [-0.25, -0.2) is 4.39 Å². The summed E-state index contributed by atoms with van der Waals surface area (Å²) in [6.07, 6.45) is 2.79. The van der Waals surface area contributed by atoms with E-state index in [2.05, 4.69) is 0 Å². The Morgan fingerprint density at radius 3 is 2.60 bits per heavy atom. The van der Waals surface area contributed by atoms with Gasteiger partial charge < -0.3 is 10.0 Å². The smallest absolute Gasteiger partial charge is 0.305 e. The van der Waals surface area contributed by atoms with Crippen molar-refractivity contribution in [1.82, 2.24) is 4.90 Å². The lowest BCUT2D eigenvalue weighted by Gasteiger charge is -2.35. The normalized spacial score (nSPS) is 18.9. The topological polar surface area (TPSA) is 57.6 Å². The highest BCUT2D eigenvalue weighted by atomic mass is 19.1. The van der Waals surface area contributed by atoms with E-state index in [9.17, 15) is 14.0 Å². The standard InChI is InChI=1S/C15H18FNO3/c16-12-6-4-11(5-7-12)9-14(18)17-8-2-1-3-13(17)10-15(19)20/h4-7,13H,1-3,8-10H2,(H,19,20). The van der Waals surface area contributed by atoms with Gasteiger partial charge in [0.15, 0.2) is 0 Å². The van der Waals surface area contributed by atoms with Crippen molar-refractivity contribution < 1.29 is 19.1 Å². The molecule has 1 aliphatic heterocycles. The Hall–Kier alpha value is -1.91. The number of hydrogen-bond donors (Lipinski definition) is 1. The average molecular weight is 279 g/mol. The van der Waals surface area contributed by atoms with Crippen LogP contribution in [0.3, 0.4) is 0 Å². The third kappa shape index (κ3) is 3.79. The zero-order valence-electron chi connectivity index (χ0n) is 11.2. The second-order valence-electron chi connectivity index (χ2n) is 5.14. The Morgan fingerprint density at radius 2 is 1.95 bits per heavy atom. The van der Waals surface area contributed by atoms with Gasteiger partial charge in [0.1, 0.15) is 5.82 Å². The van der Waals surface area contributed by atoms with Crippen LogP contribution in [0.1, 0.15) is 31.2 Å². The lowest BCUT2D eigenvalue weighted by Crippen LogP contribution is -2.45. The largest absolute Gasteiger partial charge is 0.481 e. The fourth-order valence-electron chi connectivity index (χ4n) is 2.62. The number of nitrogens with zero attached hydrogens (tertiary/aromatic N) is 1. The minimum absolute atomic E-state index is 0.00480. The summed E-state index contributed by atoms with van der Waals surface area (Å²) < 4.78 is 12.8. The van der Waals surface area contributed by atoms with Crippen molar-refractivity contribution >= 4 is 11.9 Å². The number of likely N-dealkylation sites (tertiary alicyclic amines) is 1. The van der Waals surface area contributed by atoms with Crippen LogP contribution in [0.4, 0.5) is 4.39 Å². The van der Waals surface area contributed by atoms with E-state index in [1.54, 1.807) is 17.0 Å². The molecule has 1 aromatic rings. The minimum Gasteiger partial charge on any atom is -0.481 e. The summed E-state index contributed by atoms with van der Waals surface area (Å²) >= 11 is 0. The molecule has 0 spiro atoms. The third-order valence-corrected chi connectivity index (χ3v) is 3.63. The number of benzene rings is 1. The molecule has 1 N–H and O–H groups in total. The molecule has 4 nitrogen and oxygen atoms in total. The van der Waals surface area contributed by atoms with Crippen molar-refractivity contribution in [2.75, 3.05) is 6.54 Å². The zero-order valence-corrected chi connectivity index (χ0v) is 11.2. The van der Waals surface area contributed by atoms with Crippen LogP contribution in [0.5, 0.6) is 0 Å². The quantitative estimate of drug-likeness (QED) is 0.919. The predicted molar refractivity (Wildman–Crippen MR) is 71.7 cm³/mol. The van der Waals surface area contributed by atoms with Crippen molar-refractivity contribution in [2.24, 2.45) is 0 Å². The third-order valence-electron chi connectivity index (χ3n) is 3.63. The minimum atomic E-state index is -0.878. The van der Waals surface area contributed by atoms with Gasteiger partial charge in [0.2, 0.25) is 5.91 Å². The number of aliphatic carboxylic acids is 1. The van der Waals surface area contributed by atoms with Crippen molar-refractivity contribution in [3.8, 4) is 0 Å². The fourth-order valence-corrected chi connectivity index (χ4v) is 2.62. The molecule has 5 heteroatoms. The van der Waals surface area contributed by atoms with Gasteiger partial charge >= 0.3 is 5.97 Å². The summed E-state index contributed by atoms with van der Waals surface area (Å²) in [6.45, 7) is 0.609. The van der Waals surface area contributed by atoms with E-state index in [4.69, 9.17) is 5.11 Å². The first-order valence-corrected chi connectivity index (χ1v) is 6.82. The van der Waals surface area contributed by atoms with Gasteiger partial charge in [0.25, 0.3) is 0 Å². The molecule has 1 amide bonds. The second-order valence-corrected chi connectivity index (χ2v) is 5.14. The molecule has 0 bridgehead atoms. The Bertz CT molecular complexity index is 486. The SMILES string of the molecule is O=C(O)CC1CCCCN1C(=O)Cc1ccc(F)cc1. The summed E-state index contributed by atoms with van der Waals surface area (Å²) in [5, 5.41) is 8.91. The van der Waals surface area contributed by atoms with Crippen LogP contribution in [0.2, 0.25) is 0 Å². The maximum atomic E-state index is 12.8. The van der Waals surface area contributed by atoms with Crippen LogP contribution in [-0.4, -0.2) is 34.5 Å². The molecule has 20 heavy (non-hydrogen) atoms. The van der Waals surface area contributed by atoms with Crippen LogP contribution < -0.4 is 0 Å². The maximum absolute atomic E-state index is 12.8. The van der Waals surface area contributed by atoms with Crippen LogP contribution >= 0.6 is 0 Å². The molecule has 1 saturated heterocycles. The number of carboxylic acids is 1. The van der Waals surface area contributed by atoms with Crippen molar-refractivity contribution in [1.29, 1.82) is 0 Å². The fraction of sp³-hybridized carbons (Fsp3) is 0.467. The number of hydrogen-bond acceptors (Lipinski definition) is 2. The molecule has 1 aromatic carbocycles. The van der Waals surface area contributed by atoms with Crippen LogP contribution in [0.25, 0.3) is 0 Å². The van der Waals surface area contributed by atoms with E-state index in [1.165, 1.54) is 12.1 Å². The van der Waals surface area contributed by atoms with Crippen molar-refractivity contribution in [3.05, 3.63) is 35.6 Å². The van der Waals surface area contributed by atoms with Crippen LogP contribution in [0, 0.1) is 5.82 Å². The lowest BCUT2D eigenvalue weighted by atomic mass is 9.98. The van der Waals surface area contributed by atoms with Gasteiger partial charge in [-0.15, -0.1) is 0 Å². The van der Waals surface area contributed by atoms with Crippen LogP contribution in [-0.2, 0) is 16.0 Å². The number of carbonyl (C=O) groups excluding carboxylic acids is 1. The predicted octanol–water partition coefficient (Wildman–Crippen LogP) is 2.22. The summed E-state index contributed by atoms with van der Waals surface area (Å²) in [7, 11) is 0. The first-order chi connectivity index (χ1) is 9.56. The molecule has 1 heterocycles. The van der Waals surface area contributed by atoms with Gasteiger partial charge in [-0.2, -0.15) is 0 Å². The molecule has 0 aromatic heterocycles. The summed E-state index contributed by atoms with van der Waals surface area (Å²) in [5.41, 5.74) is 0.746. The molecule has 0 saturated carbocycles. The lowest BCUT2D eigenvalue weighted by molar-refractivity contribution is -0.141. The van der Waals surface area contributed by atoms with Crippen molar-refractivity contribution in [2.45, 2.75) is 38.1 Å². The highest BCUT2D eigenvalue weighted by molar-refractivity contribution is 5.80. The summed E-state index contributed by atoms with van der Waals surface area (Å²) in [6, 6.07) is 5.61. The Morgan fingerprint density at radius 1 is 1.25 bits per heavy atom. The molecule has 1 unspecified atom stereocenters. The van der Waals surface area contributed by atoms with Gasteiger partial charge in [0.05, 0.1) is 12.8 Å². The number of rotatable bonds is 4. The molecular weight excluding hydrogens is 261 g/mol. The molecule has 2 rings (SSSR count). The summed E-state index contributed by atoms with van der Waals surface area (Å²) in [5.74, 6) is -1.29. The highest BCUT2D eigenvalue weighted by Gasteiger charge is 2.28. The Labute approximate surface area is 117 Å². The van der Waals surface area contributed by atoms with Gasteiger partial charge in [-0.1, -0.05) is 12.1 Å². The van der Waals surface area contributed by atoms with E-state index in [0.29, 0.717) is 6.54 Å². The molecular formula is C15H18FNO3. The number of halogens is 1. The monoisotopic (exact) mass is 279 g/mol. The molecule has 0 aliphatic carbocycles. The molecule has 1 aliphatic rings. The molecule has 1 atom stereocenters. The van der Waals surface area contributed by atoms with Gasteiger partial charge in [0, 0.05) is 12.6 Å². The Balaban J connectivity index is 2.01. The molecule has 0 radical (unpaired) electrons. The maximum Gasteiger partial charge on any atom is 0.305 e. The number of piperidine rings is 1. The van der Waals surface area contributed by atoms with Gasteiger partial charge in [-0.05, 0) is 37.0 Å². The number of carbonyl (C=O) groups is 2. The second kappa shape index (κ2) is 6.50. The molecule has 1 fully saturated rings. The van der Waals surface area contributed by atoms with Crippen LogP contribution in [0.15, 0.2) is 24.3 Å². The van der Waals surface area contributed by atoms with Crippen molar-refractivity contribution in [3.63, 3.8) is 0 Å². The first kappa shape index (κ1) is 14.5. The van der Waals surface area contributed by atoms with E-state index in [-0.39, 0.29) is 30.6 Å². The Kier molecular flexibility index (Phi) is 4.71. The molecule has 108 valence electrons. The highest BCUT2D eigenvalue weighted by Crippen LogP contribution is 2.21. The summed E-state index contributed by atoms with van der Waals surface area (Å²) in [4.78, 5) is 24.8. The van der Waals surface area contributed by atoms with E-state index in [1.807, 2.05) is 0 Å².